The molecule has 1 aromatic rings. The second-order valence-electron chi connectivity index (χ2n) is 4.29. The summed E-state index contributed by atoms with van der Waals surface area (Å²) in [6.45, 7) is 1.82. The lowest BCUT2D eigenvalue weighted by Crippen LogP contribution is -2.31. The Bertz CT molecular complexity index is 631. The molecule has 1 heterocycles. The molecule has 0 saturated carbocycles. The van der Waals surface area contributed by atoms with E-state index in [2.05, 4.69) is 0 Å². The van der Waals surface area contributed by atoms with Gasteiger partial charge in [0.05, 0.1) is 18.2 Å². The van der Waals surface area contributed by atoms with Crippen LogP contribution in [-0.2, 0) is 16.1 Å². The molecule has 6 heteroatoms. The van der Waals surface area contributed by atoms with Crippen molar-refractivity contribution < 1.29 is 14.4 Å². The van der Waals surface area contributed by atoms with Crippen LogP contribution in [0, 0.1) is 18.3 Å². The number of amides is 4. The molecule has 0 radical (unpaired) electrons. The van der Waals surface area contributed by atoms with E-state index in [1.54, 1.807) is 25.1 Å². The molecule has 0 aliphatic carbocycles. The van der Waals surface area contributed by atoms with Gasteiger partial charge in [-0.15, -0.1) is 0 Å². The van der Waals surface area contributed by atoms with Crippen LogP contribution in [0.3, 0.4) is 0 Å². The zero-order chi connectivity index (χ0) is 14.2. The van der Waals surface area contributed by atoms with Gasteiger partial charge in [0.25, 0.3) is 0 Å². The van der Waals surface area contributed by atoms with E-state index < -0.39 is 17.8 Å². The first-order valence-corrected chi connectivity index (χ1v) is 5.59. The molecule has 0 N–H and O–H groups in total. The summed E-state index contributed by atoms with van der Waals surface area (Å²) in [5.41, 5.74) is 2.03. The normalized spacial score (nSPS) is 15.1. The number of carbonyl (C=O) groups is 3. The summed E-state index contributed by atoms with van der Waals surface area (Å²) in [6.07, 6.45) is 0. The summed E-state index contributed by atoms with van der Waals surface area (Å²) < 4.78 is 0. The minimum Gasteiger partial charge on any atom is -0.263 e. The molecule has 0 atom stereocenters. The van der Waals surface area contributed by atoms with Crippen LogP contribution in [0.1, 0.15) is 16.7 Å². The third-order valence-electron chi connectivity index (χ3n) is 3.05. The number of hydrogen-bond acceptors (Lipinski definition) is 4. The number of nitrogens with zero attached hydrogens (tertiary/aromatic N) is 3. The van der Waals surface area contributed by atoms with Crippen molar-refractivity contribution in [2.45, 2.75) is 13.5 Å². The summed E-state index contributed by atoms with van der Waals surface area (Å²) in [5.74, 6) is -1.65. The Morgan fingerprint density at radius 2 is 1.89 bits per heavy atom. The number of benzene rings is 1. The maximum absolute atomic E-state index is 11.7. The molecular weight excluding hydrogens is 246 g/mol. The molecule has 0 aromatic heterocycles. The Kier molecular flexibility index (Phi) is 3.05. The number of nitriles is 1. The van der Waals surface area contributed by atoms with Crippen molar-refractivity contribution in [3.63, 3.8) is 0 Å². The van der Waals surface area contributed by atoms with Gasteiger partial charge in [-0.05, 0) is 30.2 Å². The largest absolute Gasteiger partial charge is 0.334 e. The van der Waals surface area contributed by atoms with Crippen LogP contribution in [0.25, 0.3) is 0 Å². The molecule has 2 rings (SSSR count). The van der Waals surface area contributed by atoms with Gasteiger partial charge in [0.2, 0.25) is 0 Å². The van der Waals surface area contributed by atoms with Gasteiger partial charge in [-0.25, -0.2) is 4.79 Å². The van der Waals surface area contributed by atoms with Crippen LogP contribution >= 0.6 is 0 Å². The molecular formula is C13H11N3O3. The average Bonchev–Trinajstić information content (AvgIpc) is 2.58. The Balaban J connectivity index is 2.28. The van der Waals surface area contributed by atoms with Gasteiger partial charge < -0.3 is 0 Å². The summed E-state index contributed by atoms with van der Waals surface area (Å²) in [6, 6.07) is 6.34. The number of carbonyl (C=O) groups excluding carboxylic acids is 3. The fourth-order valence-corrected chi connectivity index (χ4v) is 1.87. The molecule has 0 unspecified atom stereocenters. The summed E-state index contributed by atoms with van der Waals surface area (Å²) in [5, 5.41) is 8.77. The van der Waals surface area contributed by atoms with E-state index in [1.165, 1.54) is 7.05 Å². The third-order valence-corrected chi connectivity index (χ3v) is 3.05. The fraction of sp³-hybridized carbons (Fsp3) is 0.231. The molecule has 96 valence electrons. The van der Waals surface area contributed by atoms with Crippen molar-refractivity contribution in [1.82, 2.24) is 9.80 Å². The molecule has 1 aromatic carbocycles. The highest BCUT2D eigenvalue weighted by molar-refractivity contribution is 6.44. The lowest BCUT2D eigenvalue weighted by atomic mass is 10.1. The van der Waals surface area contributed by atoms with Crippen molar-refractivity contribution in [3.05, 3.63) is 34.9 Å². The van der Waals surface area contributed by atoms with Gasteiger partial charge in [-0.1, -0.05) is 6.07 Å². The van der Waals surface area contributed by atoms with E-state index in [4.69, 9.17) is 5.26 Å². The van der Waals surface area contributed by atoms with Crippen LogP contribution < -0.4 is 0 Å². The van der Waals surface area contributed by atoms with Crippen molar-refractivity contribution in [2.75, 3.05) is 7.05 Å². The Labute approximate surface area is 109 Å². The van der Waals surface area contributed by atoms with Crippen molar-refractivity contribution in [3.8, 4) is 6.07 Å². The van der Waals surface area contributed by atoms with Crippen molar-refractivity contribution in [1.29, 1.82) is 5.26 Å². The van der Waals surface area contributed by atoms with Crippen molar-refractivity contribution in [2.24, 2.45) is 0 Å². The SMILES string of the molecule is Cc1cc(C#N)ccc1CN1C(=O)C(=O)N(C)C1=O. The van der Waals surface area contributed by atoms with Crippen LogP contribution in [0.15, 0.2) is 18.2 Å². The van der Waals surface area contributed by atoms with E-state index >= 15 is 0 Å². The van der Waals surface area contributed by atoms with Crippen molar-refractivity contribution >= 4 is 17.8 Å². The predicted octanol–water partition coefficient (Wildman–Crippen LogP) is 0.787. The quantitative estimate of drug-likeness (QED) is 0.579. The molecule has 4 amide bonds. The first kappa shape index (κ1) is 12.8. The van der Waals surface area contributed by atoms with Gasteiger partial charge in [0.1, 0.15) is 0 Å². The summed E-state index contributed by atoms with van der Waals surface area (Å²) in [4.78, 5) is 36.4. The molecule has 1 aliphatic heterocycles. The molecule has 1 aliphatic rings. The van der Waals surface area contributed by atoms with Gasteiger partial charge in [-0.3, -0.25) is 19.4 Å². The number of hydrogen-bond donors (Lipinski definition) is 0. The smallest absolute Gasteiger partial charge is 0.263 e. The van der Waals surface area contributed by atoms with Crippen LogP contribution in [0.4, 0.5) is 4.79 Å². The highest BCUT2D eigenvalue weighted by Crippen LogP contribution is 2.17. The molecule has 0 bridgehead atoms. The van der Waals surface area contributed by atoms with Gasteiger partial charge >= 0.3 is 17.8 Å². The highest BCUT2D eigenvalue weighted by atomic mass is 16.2. The minimum absolute atomic E-state index is 0.0330. The average molecular weight is 257 g/mol. The van der Waals surface area contributed by atoms with Crippen LogP contribution in [0.2, 0.25) is 0 Å². The topological polar surface area (TPSA) is 81.5 Å². The molecule has 6 nitrogen and oxygen atoms in total. The molecule has 1 fully saturated rings. The van der Waals surface area contributed by atoms with Crippen LogP contribution in [0.5, 0.6) is 0 Å². The minimum atomic E-state index is -0.823. The van der Waals surface area contributed by atoms with Crippen LogP contribution in [-0.4, -0.2) is 34.7 Å². The Morgan fingerprint density at radius 1 is 1.21 bits per heavy atom. The van der Waals surface area contributed by atoms with Gasteiger partial charge in [0, 0.05) is 7.05 Å². The van der Waals surface area contributed by atoms with Gasteiger partial charge in [-0.2, -0.15) is 5.26 Å². The maximum atomic E-state index is 11.7. The Morgan fingerprint density at radius 3 is 2.37 bits per heavy atom. The van der Waals surface area contributed by atoms with E-state index in [0.29, 0.717) is 5.56 Å². The predicted molar refractivity (Wildman–Crippen MR) is 64.6 cm³/mol. The second kappa shape index (κ2) is 4.53. The highest BCUT2D eigenvalue weighted by Gasteiger charge is 2.42. The maximum Gasteiger partial charge on any atom is 0.334 e. The zero-order valence-corrected chi connectivity index (χ0v) is 10.5. The molecule has 0 spiro atoms. The number of rotatable bonds is 2. The fourth-order valence-electron chi connectivity index (χ4n) is 1.87. The van der Waals surface area contributed by atoms with E-state index in [9.17, 15) is 14.4 Å². The third kappa shape index (κ3) is 2.06. The first-order chi connectivity index (χ1) is 8.95. The lowest BCUT2D eigenvalue weighted by molar-refractivity contribution is -0.143. The van der Waals surface area contributed by atoms with E-state index in [0.717, 1.165) is 20.9 Å². The van der Waals surface area contributed by atoms with E-state index in [1.807, 2.05) is 6.07 Å². The standard InChI is InChI=1S/C13H11N3O3/c1-8-5-9(6-14)3-4-10(8)7-16-12(18)11(17)15(2)13(16)19/h3-5H,7H2,1-2H3. The zero-order valence-electron chi connectivity index (χ0n) is 10.5. The number of urea groups is 1. The lowest BCUT2D eigenvalue weighted by Gasteiger charge is -2.14. The Hall–Kier alpha value is -2.68. The number of aryl methyl sites for hydroxylation is 1. The van der Waals surface area contributed by atoms with E-state index in [-0.39, 0.29) is 6.54 Å². The molecule has 1 saturated heterocycles. The number of imide groups is 2. The number of likely N-dealkylation sites (N-methyl/N-ethyl adjacent to an activating group) is 1. The van der Waals surface area contributed by atoms with Gasteiger partial charge in [0.15, 0.2) is 0 Å². The monoisotopic (exact) mass is 257 g/mol. The summed E-state index contributed by atoms with van der Waals surface area (Å²) in [7, 11) is 1.27. The molecule has 19 heavy (non-hydrogen) atoms. The first-order valence-electron chi connectivity index (χ1n) is 5.59. The summed E-state index contributed by atoms with van der Waals surface area (Å²) >= 11 is 0. The second-order valence-corrected chi connectivity index (χ2v) is 4.29.